The number of hydrogen-bond donors (Lipinski definition) is 1. The standard InChI is InChI=1S/C17H23N3O/c1-10-11(2)19-20(12(10)3)16-8-13-6-7-14(21-5)9-15(13)17(16)18-4/h6-7,9,16-18H,8H2,1-5H3. The van der Waals surface area contributed by atoms with Crippen LogP contribution in [0, 0.1) is 20.8 Å². The lowest BCUT2D eigenvalue weighted by atomic mass is 10.1. The van der Waals surface area contributed by atoms with Crippen molar-refractivity contribution in [2.24, 2.45) is 0 Å². The Labute approximate surface area is 126 Å². The fraction of sp³-hybridized carbons (Fsp3) is 0.471. The molecule has 0 aliphatic heterocycles. The molecule has 21 heavy (non-hydrogen) atoms. The van der Waals surface area contributed by atoms with Crippen molar-refractivity contribution in [1.82, 2.24) is 15.1 Å². The Hall–Kier alpha value is -1.81. The van der Waals surface area contributed by atoms with Gasteiger partial charge in [0, 0.05) is 5.69 Å². The summed E-state index contributed by atoms with van der Waals surface area (Å²) in [5.74, 6) is 0.916. The molecule has 2 atom stereocenters. The van der Waals surface area contributed by atoms with Gasteiger partial charge in [0.1, 0.15) is 5.75 Å². The van der Waals surface area contributed by atoms with E-state index in [-0.39, 0.29) is 6.04 Å². The van der Waals surface area contributed by atoms with Gasteiger partial charge in [-0.1, -0.05) is 6.07 Å². The van der Waals surface area contributed by atoms with Crippen molar-refractivity contribution < 1.29 is 4.74 Å². The van der Waals surface area contributed by atoms with E-state index in [1.165, 1.54) is 22.4 Å². The lowest BCUT2D eigenvalue weighted by Crippen LogP contribution is -2.26. The summed E-state index contributed by atoms with van der Waals surface area (Å²) in [6, 6.07) is 6.96. The highest BCUT2D eigenvalue weighted by atomic mass is 16.5. The molecule has 2 unspecified atom stereocenters. The van der Waals surface area contributed by atoms with Gasteiger partial charge in [0.05, 0.1) is 24.9 Å². The van der Waals surface area contributed by atoms with Gasteiger partial charge in [-0.05, 0) is 63.1 Å². The molecule has 0 saturated heterocycles. The van der Waals surface area contributed by atoms with Crippen LogP contribution in [0.2, 0.25) is 0 Å². The zero-order chi connectivity index (χ0) is 15.1. The molecule has 1 aliphatic carbocycles. The number of fused-ring (bicyclic) bond motifs is 1. The lowest BCUT2D eigenvalue weighted by Gasteiger charge is -2.22. The second-order valence-electron chi connectivity index (χ2n) is 5.84. The third kappa shape index (κ3) is 2.14. The number of benzene rings is 1. The molecular formula is C17H23N3O. The van der Waals surface area contributed by atoms with Gasteiger partial charge in [-0.15, -0.1) is 0 Å². The van der Waals surface area contributed by atoms with Crippen LogP contribution in [0.4, 0.5) is 0 Å². The molecule has 1 aromatic heterocycles. The van der Waals surface area contributed by atoms with Crippen LogP contribution in [0.25, 0.3) is 0 Å². The minimum Gasteiger partial charge on any atom is -0.497 e. The molecule has 1 N–H and O–H groups in total. The number of nitrogens with one attached hydrogen (secondary N) is 1. The molecule has 0 amide bonds. The molecule has 3 rings (SSSR count). The molecule has 2 aromatic rings. The molecule has 1 heterocycles. The average Bonchev–Trinajstić information content (AvgIpc) is 2.98. The maximum absolute atomic E-state index is 5.37. The second-order valence-corrected chi connectivity index (χ2v) is 5.84. The Kier molecular flexibility index (Phi) is 3.49. The van der Waals surface area contributed by atoms with Crippen molar-refractivity contribution >= 4 is 0 Å². The molecule has 0 bridgehead atoms. The van der Waals surface area contributed by atoms with Crippen LogP contribution in [0.3, 0.4) is 0 Å². The monoisotopic (exact) mass is 285 g/mol. The number of hydrogen-bond acceptors (Lipinski definition) is 3. The smallest absolute Gasteiger partial charge is 0.119 e. The summed E-state index contributed by atoms with van der Waals surface area (Å²) < 4.78 is 7.56. The van der Waals surface area contributed by atoms with E-state index in [0.717, 1.165) is 17.9 Å². The van der Waals surface area contributed by atoms with E-state index < -0.39 is 0 Å². The van der Waals surface area contributed by atoms with E-state index >= 15 is 0 Å². The molecule has 1 aromatic carbocycles. The van der Waals surface area contributed by atoms with Gasteiger partial charge in [-0.3, -0.25) is 4.68 Å². The normalized spacial score (nSPS) is 20.6. The van der Waals surface area contributed by atoms with E-state index in [1.807, 2.05) is 13.1 Å². The summed E-state index contributed by atoms with van der Waals surface area (Å²) >= 11 is 0. The van der Waals surface area contributed by atoms with E-state index in [4.69, 9.17) is 9.84 Å². The fourth-order valence-corrected chi connectivity index (χ4v) is 3.37. The van der Waals surface area contributed by atoms with Crippen LogP contribution in [-0.2, 0) is 6.42 Å². The summed E-state index contributed by atoms with van der Waals surface area (Å²) in [4.78, 5) is 0. The van der Waals surface area contributed by atoms with E-state index in [9.17, 15) is 0 Å². The van der Waals surface area contributed by atoms with Crippen LogP contribution in [0.15, 0.2) is 18.2 Å². The molecular weight excluding hydrogens is 262 g/mol. The molecule has 0 spiro atoms. The number of rotatable bonds is 3. The molecule has 0 radical (unpaired) electrons. The molecule has 112 valence electrons. The number of nitrogens with zero attached hydrogens (tertiary/aromatic N) is 2. The first kappa shape index (κ1) is 14.1. The number of likely N-dealkylation sites (N-methyl/N-ethyl adjacent to an activating group) is 1. The van der Waals surface area contributed by atoms with Gasteiger partial charge in [-0.25, -0.2) is 0 Å². The summed E-state index contributed by atoms with van der Waals surface area (Å²) in [5, 5.41) is 8.22. The number of ether oxygens (including phenoxy) is 1. The zero-order valence-corrected chi connectivity index (χ0v) is 13.4. The summed E-state index contributed by atoms with van der Waals surface area (Å²) in [5.41, 5.74) is 6.38. The van der Waals surface area contributed by atoms with Gasteiger partial charge in [0.25, 0.3) is 0 Å². The van der Waals surface area contributed by atoms with E-state index in [2.05, 4.69) is 42.9 Å². The highest BCUT2D eigenvalue weighted by molar-refractivity contribution is 5.42. The Morgan fingerprint density at radius 1 is 1.29 bits per heavy atom. The van der Waals surface area contributed by atoms with Gasteiger partial charge >= 0.3 is 0 Å². The van der Waals surface area contributed by atoms with E-state index in [0.29, 0.717) is 6.04 Å². The van der Waals surface area contributed by atoms with Crippen molar-refractivity contribution in [2.75, 3.05) is 14.2 Å². The molecule has 0 fully saturated rings. The minimum atomic E-state index is 0.271. The first-order valence-corrected chi connectivity index (χ1v) is 7.43. The summed E-state index contributed by atoms with van der Waals surface area (Å²) in [7, 11) is 3.73. The Morgan fingerprint density at radius 3 is 2.62 bits per heavy atom. The predicted octanol–water partition coefficient (Wildman–Crippen LogP) is 2.87. The number of aryl methyl sites for hydroxylation is 1. The highest BCUT2D eigenvalue weighted by Crippen LogP contribution is 2.41. The maximum atomic E-state index is 5.37. The van der Waals surface area contributed by atoms with Crippen molar-refractivity contribution in [3.05, 3.63) is 46.3 Å². The molecule has 0 saturated carbocycles. The summed E-state index contributed by atoms with van der Waals surface area (Å²) in [6.45, 7) is 6.39. The van der Waals surface area contributed by atoms with Crippen LogP contribution < -0.4 is 10.1 Å². The van der Waals surface area contributed by atoms with Crippen LogP contribution >= 0.6 is 0 Å². The lowest BCUT2D eigenvalue weighted by molar-refractivity contribution is 0.363. The zero-order valence-electron chi connectivity index (χ0n) is 13.4. The quantitative estimate of drug-likeness (QED) is 0.942. The van der Waals surface area contributed by atoms with Gasteiger partial charge in [-0.2, -0.15) is 5.10 Å². The number of aromatic nitrogens is 2. The third-order valence-electron chi connectivity index (χ3n) is 4.81. The predicted molar refractivity (Wildman–Crippen MR) is 84.0 cm³/mol. The van der Waals surface area contributed by atoms with Gasteiger partial charge < -0.3 is 10.1 Å². The van der Waals surface area contributed by atoms with Crippen LogP contribution in [0.1, 0.15) is 40.2 Å². The third-order valence-corrected chi connectivity index (χ3v) is 4.81. The topological polar surface area (TPSA) is 39.1 Å². The van der Waals surface area contributed by atoms with Crippen molar-refractivity contribution in [2.45, 2.75) is 39.3 Å². The van der Waals surface area contributed by atoms with E-state index in [1.54, 1.807) is 7.11 Å². The highest BCUT2D eigenvalue weighted by Gasteiger charge is 2.34. The SMILES string of the molecule is CNC1c2cc(OC)ccc2CC1n1nc(C)c(C)c1C. The molecule has 4 heteroatoms. The van der Waals surface area contributed by atoms with Gasteiger partial charge in [0.2, 0.25) is 0 Å². The van der Waals surface area contributed by atoms with Crippen molar-refractivity contribution in [3.63, 3.8) is 0 Å². The maximum Gasteiger partial charge on any atom is 0.119 e. The van der Waals surface area contributed by atoms with Crippen molar-refractivity contribution in [1.29, 1.82) is 0 Å². The minimum absolute atomic E-state index is 0.271. The summed E-state index contributed by atoms with van der Waals surface area (Å²) in [6.07, 6.45) is 1.01. The molecule has 1 aliphatic rings. The Bertz CT molecular complexity index is 675. The van der Waals surface area contributed by atoms with Crippen LogP contribution in [-0.4, -0.2) is 23.9 Å². The Balaban J connectivity index is 2.04. The van der Waals surface area contributed by atoms with Crippen molar-refractivity contribution in [3.8, 4) is 5.75 Å². The average molecular weight is 285 g/mol. The Morgan fingerprint density at radius 2 is 2.05 bits per heavy atom. The van der Waals surface area contributed by atoms with Gasteiger partial charge in [0.15, 0.2) is 0 Å². The largest absolute Gasteiger partial charge is 0.497 e. The number of methoxy groups -OCH3 is 1. The fourth-order valence-electron chi connectivity index (χ4n) is 3.37. The van der Waals surface area contributed by atoms with Crippen LogP contribution in [0.5, 0.6) is 5.75 Å². The second kappa shape index (κ2) is 5.19. The molecule has 4 nitrogen and oxygen atoms in total. The first-order chi connectivity index (χ1) is 10.1. The first-order valence-electron chi connectivity index (χ1n) is 7.43.